The van der Waals surface area contributed by atoms with E-state index in [1.807, 2.05) is 0 Å². The van der Waals surface area contributed by atoms with Crippen LogP contribution >= 0.6 is 0 Å². The molecule has 1 atom stereocenters. The van der Waals surface area contributed by atoms with Gasteiger partial charge in [-0.3, -0.25) is 14.7 Å². The predicted octanol–water partition coefficient (Wildman–Crippen LogP) is 2.32. The summed E-state index contributed by atoms with van der Waals surface area (Å²) in [5, 5.41) is 7.35. The van der Waals surface area contributed by atoms with E-state index in [2.05, 4.69) is 20.2 Å². The van der Waals surface area contributed by atoms with Crippen molar-refractivity contribution in [1.29, 1.82) is 0 Å². The molecule has 0 fully saturated rings. The molecule has 1 amide bonds. The van der Waals surface area contributed by atoms with E-state index in [-0.39, 0.29) is 28.3 Å². The molecule has 4 rings (SSSR count). The minimum absolute atomic E-state index is 0.00318. The Hall–Kier alpha value is -3.82. The fourth-order valence-electron chi connectivity index (χ4n) is 3.43. The highest BCUT2D eigenvalue weighted by molar-refractivity contribution is 6.09. The van der Waals surface area contributed by atoms with Crippen molar-refractivity contribution >= 4 is 11.9 Å². The Morgan fingerprint density at radius 3 is 2.53 bits per heavy atom. The molecule has 0 saturated heterocycles. The summed E-state index contributed by atoms with van der Waals surface area (Å²) in [5.41, 5.74) is 4.19. The van der Waals surface area contributed by atoms with Crippen LogP contribution in [0, 0.1) is 11.6 Å². The number of pyridine rings is 1. The Morgan fingerprint density at radius 1 is 1.10 bits per heavy atom. The molecule has 1 unspecified atom stereocenters. The van der Waals surface area contributed by atoms with E-state index in [0.717, 1.165) is 4.90 Å². The standard InChI is InChI=1S/C20H15F3N6O/c1-29-18(30)20(28-19(29)24,12-3-4-25-13(6-12)9-21)15-7-14(16(22)8-17(15)23)11-2-5-26-27-10-11/h2-8,10H,9H2,1H3,(H2,24,28). The number of hydrogen-bond donors (Lipinski definition) is 1. The summed E-state index contributed by atoms with van der Waals surface area (Å²) in [6.45, 7) is -0.896. The number of aromatic nitrogens is 3. The highest BCUT2D eigenvalue weighted by atomic mass is 19.1. The van der Waals surface area contributed by atoms with Gasteiger partial charge < -0.3 is 5.73 Å². The molecule has 0 radical (unpaired) electrons. The third-order valence-corrected chi connectivity index (χ3v) is 4.95. The third-order valence-electron chi connectivity index (χ3n) is 4.95. The number of likely N-dealkylation sites (N-methyl/N-ethyl adjacent to an activating group) is 1. The summed E-state index contributed by atoms with van der Waals surface area (Å²) in [4.78, 5) is 22.4. The Bertz CT molecular complexity index is 1170. The number of alkyl halides is 1. The van der Waals surface area contributed by atoms with E-state index >= 15 is 4.39 Å². The molecule has 10 heteroatoms. The fourth-order valence-corrected chi connectivity index (χ4v) is 3.43. The van der Waals surface area contributed by atoms with Gasteiger partial charge in [-0.15, -0.1) is 0 Å². The number of hydrogen-bond acceptors (Lipinski definition) is 6. The highest BCUT2D eigenvalue weighted by Crippen LogP contribution is 2.42. The van der Waals surface area contributed by atoms with Crippen molar-refractivity contribution in [2.24, 2.45) is 10.7 Å². The summed E-state index contributed by atoms with van der Waals surface area (Å²) in [6.07, 6.45) is 3.95. The molecule has 7 nitrogen and oxygen atoms in total. The summed E-state index contributed by atoms with van der Waals surface area (Å²) in [6, 6.07) is 6.08. The third kappa shape index (κ3) is 2.88. The number of rotatable bonds is 4. The monoisotopic (exact) mass is 412 g/mol. The highest BCUT2D eigenvalue weighted by Gasteiger charge is 2.51. The lowest BCUT2D eigenvalue weighted by Crippen LogP contribution is -2.41. The molecule has 152 valence electrons. The largest absolute Gasteiger partial charge is 0.369 e. The van der Waals surface area contributed by atoms with Gasteiger partial charge in [0.1, 0.15) is 18.3 Å². The van der Waals surface area contributed by atoms with Gasteiger partial charge in [0.05, 0.1) is 18.1 Å². The van der Waals surface area contributed by atoms with Gasteiger partial charge in [-0.2, -0.15) is 10.2 Å². The SMILES string of the molecule is CN1C(=O)C(c2ccnc(CF)c2)(c2cc(-c3ccnnc3)c(F)cc2F)N=C1N. The number of guanidine groups is 1. The number of benzene rings is 1. The number of carbonyl (C=O) groups is 1. The lowest BCUT2D eigenvalue weighted by atomic mass is 9.81. The van der Waals surface area contributed by atoms with Crippen LogP contribution in [0.3, 0.4) is 0 Å². The number of carbonyl (C=O) groups excluding carboxylic acids is 1. The first-order valence-corrected chi connectivity index (χ1v) is 8.80. The van der Waals surface area contributed by atoms with Crippen LogP contribution in [0.15, 0.2) is 53.9 Å². The molecule has 3 heterocycles. The molecule has 30 heavy (non-hydrogen) atoms. The van der Waals surface area contributed by atoms with Gasteiger partial charge >= 0.3 is 0 Å². The maximum Gasteiger partial charge on any atom is 0.266 e. The number of nitrogens with zero attached hydrogens (tertiary/aromatic N) is 5. The first-order valence-electron chi connectivity index (χ1n) is 8.80. The molecule has 3 aromatic rings. The van der Waals surface area contributed by atoms with Crippen LogP contribution in [0.25, 0.3) is 11.1 Å². The van der Waals surface area contributed by atoms with Crippen LogP contribution in [-0.4, -0.2) is 39.0 Å². The molecule has 0 bridgehead atoms. The van der Waals surface area contributed by atoms with Crippen molar-refractivity contribution in [1.82, 2.24) is 20.1 Å². The van der Waals surface area contributed by atoms with Gasteiger partial charge in [-0.1, -0.05) is 0 Å². The molecule has 1 aromatic carbocycles. The van der Waals surface area contributed by atoms with E-state index in [4.69, 9.17) is 5.73 Å². The summed E-state index contributed by atoms with van der Waals surface area (Å²) in [7, 11) is 1.38. The van der Waals surface area contributed by atoms with E-state index in [1.165, 1.54) is 49.9 Å². The fraction of sp³-hybridized carbons (Fsp3) is 0.150. The second-order valence-corrected chi connectivity index (χ2v) is 6.66. The number of halogens is 3. The average Bonchev–Trinajstić information content (AvgIpc) is 2.99. The molecule has 0 spiro atoms. The zero-order valence-electron chi connectivity index (χ0n) is 15.7. The molecule has 1 aliphatic heterocycles. The van der Waals surface area contributed by atoms with Crippen LogP contribution < -0.4 is 5.73 Å². The van der Waals surface area contributed by atoms with E-state index in [9.17, 15) is 13.6 Å². The van der Waals surface area contributed by atoms with Gasteiger partial charge in [-0.05, 0) is 29.8 Å². The summed E-state index contributed by atoms with van der Waals surface area (Å²) >= 11 is 0. The van der Waals surface area contributed by atoms with Gasteiger partial charge in [0, 0.05) is 36.0 Å². The van der Waals surface area contributed by atoms with Crippen LogP contribution in [-0.2, 0) is 17.0 Å². The first kappa shape index (κ1) is 19.5. The lowest BCUT2D eigenvalue weighted by molar-refractivity contribution is -0.129. The molecular weight excluding hydrogens is 397 g/mol. The van der Waals surface area contributed by atoms with E-state index in [1.54, 1.807) is 0 Å². The average molecular weight is 412 g/mol. The molecule has 2 aromatic heterocycles. The van der Waals surface area contributed by atoms with Crippen LogP contribution in [0.1, 0.15) is 16.8 Å². The second-order valence-electron chi connectivity index (χ2n) is 6.66. The van der Waals surface area contributed by atoms with Crippen molar-refractivity contribution in [3.8, 4) is 11.1 Å². The van der Waals surface area contributed by atoms with E-state index in [0.29, 0.717) is 11.6 Å². The minimum Gasteiger partial charge on any atom is -0.369 e. The number of aliphatic imine (C=N–C) groups is 1. The van der Waals surface area contributed by atoms with Crippen LogP contribution in [0.4, 0.5) is 13.2 Å². The van der Waals surface area contributed by atoms with Crippen molar-refractivity contribution in [3.05, 3.63) is 77.4 Å². The topological polar surface area (TPSA) is 97.4 Å². The summed E-state index contributed by atoms with van der Waals surface area (Å²) < 4.78 is 42.9. The van der Waals surface area contributed by atoms with Crippen molar-refractivity contribution < 1.29 is 18.0 Å². The smallest absolute Gasteiger partial charge is 0.266 e. The quantitative estimate of drug-likeness (QED) is 0.709. The van der Waals surface area contributed by atoms with Gasteiger partial charge in [0.15, 0.2) is 11.5 Å². The zero-order valence-corrected chi connectivity index (χ0v) is 15.7. The number of nitrogens with two attached hydrogens (primary N) is 1. The van der Waals surface area contributed by atoms with Gasteiger partial charge in [0.25, 0.3) is 5.91 Å². The van der Waals surface area contributed by atoms with Gasteiger partial charge in [0.2, 0.25) is 0 Å². The second kappa shape index (κ2) is 7.21. The molecule has 2 N–H and O–H groups in total. The van der Waals surface area contributed by atoms with Gasteiger partial charge in [-0.25, -0.2) is 18.2 Å². The maximum absolute atomic E-state index is 15.1. The predicted molar refractivity (Wildman–Crippen MR) is 102 cm³/mol. The zero-order chi connectivity index (χ0) is 21.5. The maximum atomic E-state index is 15.1. The minimum atomic E-state index is -1.96. The number of amides is 1. The van der Waals surface area contributed by atoms with Crippen molar-refractivity contribution in [3.63, 3.8) is 0 Å². The first-order chi connectivity index (χ1) is 14.4. The Morgan fingerprint density at radius 2 is 1.90 bits per heavy atom. The van der Waals surface area contributed by atoms with Crippen LogP contribution in [0.2, 0.25) is 0 Å². The van der Waals surface area contributed by atoms with Crippen LogP contribution in [0.5, 0.6) is 0 Å². The van der Waals surface area contributed by atoms with E-state index < -0.39 is 29.8 Å². The normalized spacial score (nSPS) is 18.6. The van der Waals surface area contributed by atoms with Crippen molar-refractivity contribution in [2.45, 2.75) is 12.2 Å². The Kier molecular flexibility index (Phi) is 4.69. The Labute approximate surface area is 169 Å². The Balaban J connectivity index is 2.03. The molecule has 1 aliphatic rings. The molecular formula is C20H15F3N6O. The summed E-state index contributed by atoms with van der Waals surface area (Å²) in [5.74, 6) is -2.68. The lowest BCUT2D eigenvalue weighted by Gasteiger charge is -2.27. The van der Waals surface area contributed by atoms with Crippen molar-refractivity contribution in [2.75, 3.05) is 7.05 Å². The molecule has 0 saturated carbocycles. The molecule has 0 aliphatic carbocycles.